The van der Waals surface area contributed by atoms with Crippen LogP contribution in [0.25, 0.3) is 0 Å². The minimum Gasteiger partial charge on any atom is -0.352 e. The first kappa shape index (κ1) is 15.5. The fourth-order valence-electron chi connectivity index (χ4n) is 2.94. The van der Waals surface area contributed by atoms with Crippen LogP contribution in [0.5, 0.6) is 0 Å². The van der Waals surface area contributed by atoms with Crippen LogP contribution in [-0.2, 0) is 23.6 Å². The number of hydrogen-bond donors (Lipinski definition) is 1. The highest BCUT2D eigenvalue weighted by molar-refractivity contribution is 7.89. The van der Waals surface area contributed by atoms with Gasteiger partial charge in [0.2, 0.25) is 10.0 Å². The van der Waals surface area contributed by atoms with Gasteiger partial charge in [0.1, 0.15) is 4.90 Å². The van der Waals surface area contributed by atoms with Crippen molar-refractivity contribution in [2.75, 3.05) is 13.6 Å². The maximum Gasteiger partial charge on any atom is 0.244 e. The molecule has 0 aromatic carbocycles. The van der Waals surface area contributed by atoms with Crippen LogP contribution in [0.2, 0.25) is 0 Å². The van der Waals surface area contributed by atoms with Crippen molar-refractivity contribution in [2.24, 2.45) is 13.0 Å². The Labute approximate surface area is 122 Å². The van der Waals surface area contributed by atoms with Crippen LogP contribution in [0.1, 0.15) is 32.4 Å². The maximum atomic E-state index is 12.8. The van der Waals surface area contributed by atoms with E-state index in [1.54, 1.807) is 16.6 Å². The van der Waals surface area contributed by atoms with E-state index in [-0.39, 0.29) is 6.04 Å². The first-order valence-electron chi connectivity index (χ1n) is 7.19. The van der Waals surface area contributed by atoms with Gasteiger partial charge in [0, 0.05) is 38.1 Å². The number of hydrogen-bond acceptors (Lipinski definition) is 3. The number of nitrogens with one attached hydrogen (secondary N) is 1. The van der Waals surface area contributed by atoms with E-state index in [0.717, 1.165) is 18.5 Å². The Balaban J connectivity index is 2.32. The Kier molecular flexibility index (Phi) is 4.56. The van der Waals surface area contributed by atoms with Crippen molar-refractivity contribution in [3.05, 3.63) is 18.0 Å². The molecule has 1 saturated heterocycles. The largest absolute Gasteiger partial charge is 0.352 e. The molecule has 1 aromatic heterocycles. The van der Waals surface area contributed by atoms with Gasteiger partial charge in [0.15, 0.2) is 0 Å². The van der Waals surface area contributed by atoms with Crippen LogP contribution in [0, 0.1) is 5.92 Å². The predicted octanol–water partition coefficient (Wildman–Crippen LogP) is 1.55. The molecule has 0 amide bonds. The van der Waals surface area contributed by atoms with Crippen LogP contribution < -0.4 is 5.32 Å². The molecule has 1 N–H and O–H groups in total. The Bertz CT molecular complexity index is 563. The molecule has 0 aliphatic carbocycles. The lowest BCUT2D eigenvalue weighted by atomic mass is 10.0. The molecule has 1 fully saturated rings. The van der Waals surface area contributed by atoms with Crippen molar-refractivity contribution < 1.29 is 8.42 Å². The van der Waals surface area contributed by atoms with Gasteiger partial charge in [-0.15, -0.1) is 0 Å². The zero-order valence-corrected chi connectivity index (χ0v) is 13.6. The van der Waals surface area contributed by atoms with E-state index < -0.39 is 10.0 Å². The molecule has 0 spiro atoms. The number of aryl methyl sites for hydroxylation is 1. The summed E-state index contributed by atoms with van der Waals surface area (Å²) < 4.78 is 29.2. The molecule has 0 bridgehead atoms. The van der Waals surface area contributed by atoms with Gasteiger partial charge in [-0.25, -0.2) is 8.42 Å². The van der Waals surface area contributed by atoms with Gasteiger partial charge in [-0.2, -0.15) is 4.31 Å². The summed E-state index contributed by atoms with van der Waals surface area (Å²) in [6.45, 7) is 5.49. The van der Waals surface area contributed by atoms with Crippen molar-refractivity contribution in [1.29, 1.82) is 0 Å². The van der Waals surface area contributed by atoms with Crippen LogP contribution in [0.4, 0.5) is 0 Å². The third-order valence-electron chi connectivity index (χ3n) is 4.07. The van der Waals surface area contributed by atoms with Crippen LogP contribution >= 0.6 is 0 Å². The Morgan fingerprint density at radius 3 is 2.75 bits per heavy atom. The average molecular weight is 299 g/mol. The molecule has 114 valence electrons. The zero-order valence-electron chi connectivity index (χ0n) is 12.8. The van der Waals surface area contributed by atoms with Gasteiger partial charge < -0.3 is 9.88 Å². The van der Waals surface area contributed by atoms with Gasteiger partial charge in [-0.3, -0.25) is 0 Å². The average Bonchev–Trinajstić information content (AvgIpc) is 2.98. The summed E-state index contributed by atoms with van der Waals surface area (Å²) in [6.07, 6.45) is 3.64. The molecule has 0 saturated carbocycles. The van der Waals surface area contributed by atoms with E-state index in [9.17, 15) is 8.42 Å². The zero-order chi connectivity index (χ0) is 14.9. The SMILES string of the molecule is CNCc1cc(S(=O)(=O)N2CCCC2C(C)C)cn1C. The molecule has 2 rings (SSSR count). The fraction of sp³-hybridized carbons (Fsp3) is 0.714. The molecule has 20 heavy (non-hydrogen) atoms. The van der Waals surface area contributed by atoms with Crippen LogP contribution in [-0.4, -0.2) is 36.9 Å². The summed E-state index contributed by atoms with van der Waals surface area (Å²) >= 11 is 0. The highest BCUT2D eigenvalue weighted by Gasteiger charge is 2.37. The maximum absolute atomic E-state index is 12.8. The lowest BCUT2D eigenvalue weighted by Crippen LogP contribution is -2.38. The van der Waals surface area contributed by atoms with Crippen molar-refractivity contribution in [1.82, 2.24) is 14.2 Å². The van der Waals surface area contributed by atoms with Gasteiger partial charge in [-0.05, 0) is 31.9 Å². The first-order chi connectivity index (χ1) is 9.37. The minimum atomic E-state index is -3.37. The summed E-state index contributed by atoms with van der Waals surface area (Å²) in [5.41, 5.74) is 0.978. The smallest absolute Gasteiger partial charge is 0.244 e. The normalized spacial score (nSPS) is 20.9. The van der Waals surface area contributed by atoms with E-state index in [4.69, 9.17) is 0 Å². The number of rotatable bonds is 5. The van der Waals surface area contributed by atoms with Crippen molar-refractivity contribution in [3.8, 4) is 0 Å². The van der Waals surface area contributed by atoms with Gasteiger partial charge in [0.25, 0.3) is 0 Å². The van der Waals surface area contributed by atoms with E-state index in [1.165, 1.54) is 0 Å². The van der Waals surface area contributed by atoms with Gasteiger partial charge >= 0.3 is 0 Å². The van der Waals surface area contributed by atoms with E-state index in [1.807, 2.05) is 18.7 Å². The number of nitrogens with zero attached hydrogens (tertiary/aromatic N) is 2. The van der Waals surface area contributed by atoms with Crippen LogP contribution in [0.3, 0.4) is 0 Å². The standard InChI is InChI=1S/C14H25N3O2S/c1-11(2)14-6-5-7-17(14)20(18,19)13-8-12(9-15-3)16(4)10-13/h8,10-11,14-15H,5-7,9H2,1-4H3. The van der Waals surface area contributed by atoms with Crippen molar-refractivity contribution in [3.63, 3.8) is 0 Å². The highest BCUT2D eigenvalue weighted by Crippen LogP contribution is 2.30. The topological polar surface area (TPSA) is 54.3 Å². The summed E-state index contributed by atoms with van der Waals surface area (Å²) in [4.78, 5) is 0.415. The minimum absolute atomic E-state index is 0.132. The van der Waals surface area contributed by atoms with E-state index in [2.05, 4.69) is 19.2 Å². The third-order valence-corrected chi connectivity index (χ3v) is 5.95. The molecule has 0 radical (unpaired) electrons. The van der Waals surface area contributed by atoms with Crippen LogP contribution in [0.15, 0.2) is 17.2 Å². The molecular weight excluding hydrogens is 274 g/mol. The first-order valence-corrected chi connectivity index (χ1v) is 8.63. The summed E-state index contributed by atoms with van der Waals surface area (Å²) in [6, 6.07) is 1.91. The van der Waals surface area contributed by atoms with E-state index in [0.29, 0.717) is 23.9 Å². The second kappa shape index (κ2) is 5.87. The van der Waals surface area contributed by atoms with Crippen molar-refractivity contribution >= 4 is 10.0 Å². The molecular formula is C14H25N3O2S. The molecule has 1 aromatic rings. The molecule has 2 heterocycles. The Morgan fingerprint density at radius 1 is 1.45 bits per heavy atom. The summed E-state index contributed by atoms with van der Waals surface area (Å²) in [7, 11) is 0.374. The number of aromatic nitrogens is 1. The van der Waals surface area contributed by atoms with Gasteiger partial charge in [0.05, 0.1) is 0 Å². The quantitative estimate of drug-likeness (QED) is 0.897. The fourth-order valence-corrected chi connectivity index (χ4v) is 4.86. The molecule has 1 aliphatic heterocycles. The van der Waals surface area contributed by atoms with Crippen molar-refractivity contribution in [2.45, 2.75) is 44.2 Å². The number of sulfonamides is 1. The predicted molar refractivity (Wildman–Crippen MR) is 79.9 cm³/mol. The Morgan fingerprint density at radius 2 is 2.15 bits per heavy atom. The molecule has 1 aliphatic rings. The lowest BCUT2D eigenvalue weighted by molar-refractivity contribution is 0.316. The molecule has 6 heteroatoms. The second-order valence-corrected chi connectivity index (χ2v) is 7.77. The third kappa shape index (κ3) is 2.77. The summed E-state index contributed by atoms with van der Waals surface area (Å²) in [5.74, 6) is 0.354. The Hall–Kier alpha value is -0.850. The van der Waals surface area contributed by atoms with E-state index >= 15 is 0 Å². The van der Waals surface area contributed by atoms with Gasteiger partial charge in [-0.1, -0.05) is 13.8 Å². The second-order valence-electron chi connectivity index (χ2n) is 5.88. The molecule has 5 nitrogen and oxygen atoms in total. The summed E-state index contributed by atoms with van der Waals surface area (Å²) in [5, 5.41) is 3.06. The molecule has 1 atom stereocenters. The highest BCUT2D eigenvalue weighted by atomic mass is 32.2. The monoisotopic (exact) mass is 299 g/mol. The lowest BCUT2D eigenvalue weighted by Gasteiger charge is -2.26. The molecule has 1 unspecified atom stereocenters.